The molecule has 0 saturated heterocycles. The molecule has 2 N–H and O–H groups in total. The maximum absolute atomic E-state index is 13.4. The number of nitrogens with zero attached hydrogens (tertiary/aromatic N) is 2. The van der Waals surface area contributed by atoms with E-state index in [9.17, 15) is 27.6 Å². The van der Waals surface area contributed by atoms with Gasteiger partial charge in [-0.2, -0.15) is 18.4 Å². The van der Waals surface area contributed by atoms with Gasteiger partial charge in [-0.15, -0.1) is 0 Å². The van der Waals surface area contributed by atoms with E-state index in [-0.39, 0.29) is 5.91 Å². The molecule has 1 aromatic heterocycles. The number of benzene rings is 2. The average molecular weight is 470 g/mol. The molecule has 0 bridgehead atoms. The van der Waals surface area contributed by atoms with Crippen LogP contribution in [0.3, 0.4) is 0 Å². The topological polar surface area (TPSA) is 77.8 Å². The van der Waals surface area contributed by atoms with Gasteiger partial charge in [0.2, 0.25) is 5.91 Å². The number of rotatable bonds is 8. The van der Waals surface area contributed by atoms with E-state index >= 15 is 0 Å². The van der Waals surface area contributed by atoms with Crippen molar-refractivity contribution in [1.29, 1.82) is 5.26 Å². The maximum Gasteiger partial charge on any atom is 0.433 e. The smallest absolute Gasteiger partial charge is 0.358 e. The summed E-state index contributed by atoms with van der Waals surface area (Å²) < 4.78 is 51.8. The Morgan fingerprint density at radius 1 is 1.09 bits per heavy atom. The van der Waals surface area contributed by atoms with Crippen molar-refractivity contribution in [3.8, 4) is 6.07 Å². The molecule has 2 atom stereocenters. The fourth-order valence-electron chi connectivity index (χ4n) is 3.55. The maximum atomic E-state index is 13.4. The van der Waals surface area contributed by atoms with Crippen molar-refractivity contribution in [2.75, 3.05) is 7.05 Å². The quantitative estimate of drug-likeness (QED) is 0.461. The third-order valence-corrected chi connectivity index (χ3v) is 5.33. The van der Waals surface area contributed by atoms with Crippen molar-refractivity contribution in [2.45, 2.75) is 31.1 Å². The van der Waals surface area contributed by atoms with E-state index in [1.165, 1.54) is 43.6 Å². The highest BCUT2D eigenvalue weighted by atomic mass is 19.4. The first-order valence-electron chi connectivity index (χ1n) is 10.5. The third kappa shape index (κ3) is 6.39. The molecule has 0 aliphatic rings. The average Bonchev–Trinajstić information content (AvgIpc) is 2.84. The first kappa shape index (κ1) is 24.9. The van der Waals surface area contributed by atoms with Gasteiger partial charge in [0.15, 0.2) is 0 Å². The van der Waals surface area contributed by atoms with Crippen LogP contribution in [0.4, 0.5) is 17.6 Å². The number of carbonyl (C=O) groups is 1. The van der Waals surface area contributed by atoms with Crippen LogP contribution < -0.4 is 10.6 Å². The van der Waals surface area contributed by atoms with Crippen molar-refractivity contribution in [3.63, 3.8) is 0 Å². The lowest BCUT2D eigenvalue weighted by Crippen LogP contribution is -2.38. The Balaban J connectivity index is 1.89. The zero-order chi connectivity index (χ0) is 24.7. The molecule has 0 fully saturated rings. The number of halogens is 4. The van der Waals surface area contributed by atoms with Gasteiger partial charge in [0, 0.05) is 19.3 Å². The van der Waals surface area contributed by atoms with Gasteiger partial charge in [0.25, 0.3) is 0 Å². The molecular weight excluding hydrogens is 448 g/mol. The number of pyridine rings is 1. The lowest BCUT2D eigenvalue weighted by molar-refractivity contribution is -0.141. The molecule has 34 heavy (non-hydrogen) atoms. The molecule has 176 valence electrons. The van der Waals surface area contributed by atoms with Crippen LogP contribution in [0, 0.1) is 17.1 Å². The largest absolute Gasteiger partial charge is 0.433 e. The summed E-state index contributed by atoms with van der Waals surface area (Å²) in [5.41, 5.74) is 1.32. The number of aromatic nitrogens is 1. The molecule has 0 radical (unpaired) electrons. The number of carbonyl (C=O) groups excluding carboxylic acids is 1. The number of alkyl halides is 3. The van der Waals surface area contributed by atoms with Crippen LogP contribution >= 0.6 is 0 Å². The molecular formula is C25H22F4N4O. The second-order valence-corrected chi connectivity index (χ2v) is 7.64. The number of likely N-dealkylation sites (N-methyl/N-ethyl adjacent to an activating group) is 1. The number of amides is 1. The number of hydrogen-bond donors (Lipinski definition) is 2. The van der Waals surface area contributed by atoms with Crippen LogP contribution in [0.15, 0.2) is 66.9 Å². The minimum absolute atomic E-state index is 0.343. The molecule has 5 nitrogen and oxygen atoms in total. The van der Waals surface area contributed by atoms with Crippen molar-refractivity contribution >= 4 is 5.91 Å². The van der Waals surface area contributed by atoms with Gasteiger partial charge in [-0.3, -0.25) is 15.1 Å². The van der Waals surface area contributed by atoms with Crippen molar-refractivity contribution in [2.24, 2.45) is 0 Å². The standard InChI is InChI=1S/C25H22F4N4O/c1-31-24(34)23(18-7-9-20(26)10-8-18)33-21(19-4-2-3-17(13-19)14-30)11-5-16-6-12-22(32-15-16)25(27,28)29/h2-4,6-10,12-13,15,21,23,33H,5,11H2,1H3,(H,31,34)/t21-,23+/m1/s1. The highest BCUT2D eigenvalue weighted by molar-refractivity contribution is 5.83. The molecule has 0 aliphatic heterocycles. The van der Waals surface area contributed by atoms with E-state index in [4.69, 9.17) is 0 Å². The van der Waals surface area contributed by atoms with Crippen LogP contribution in [0.25, 0.3) is 0 Å². The zero-order valence-corrected chi connectivity index (χ0v) is 18.2. The molecule has 3 aromatic rings. The predicted molar refractivity (Wildman–Crippen MR) is 118 cm³/mol. The Morgan fingerprint density at radius 2 is 1.82 bits per heavy atom. The fraction of sp³-hybridized carbons (Fsp3) is 0.240. The Kier molecular flexibility index (Phi) is 7.97. The second kappa shape index (κ2) is 10.9. The molecule has 1 amide bonds. The molecule has 0 spiro atoms. The molecule has 0 aliphatic carbocycles. The molecule has 3 rings (SSSR count). The van der Waals surface area contributed by atoms with E-state index < -0.39 is 29.8 Å². The van der Waals surface area contributed by atoms with Gasteiger partial charge in [0.1, 0.15) is 17.6 Å². The molecule has 1 heterocycles. The summed E-state index contributed by atoms with van der Waals surface area (Å²) in [6, 6.07) is 15.5. The highest BCUT2D eigenvalue weighted by Crippen LogP contribution is 2.28. The van der Waals surface area contributed by atoms with E-state index in [1.54, 1.807) is 24.3 Å². The van der Waals surface area contributed by atoms with Gasteiger partial charge in [-0.05, 0) is 59.9 Å². The Hall–Kier alpha value is -3.77. The number of hydrogen-bond acceptors (Lipinski definition) is 4. The van der Waals surface area contributed by atoms with Gasteiger partial charge in [-0.25, -0.2) is 4.39 Å². The summed E-state index contributed by atoms with van der Waals surface area (Å²) in [5, 5.41) is 15.1. The van der Waals surface area contributed by atoms with Crippen LogP contribution in [-0.2, 0) is 17.4 Å². The summed E-state index contributed by atoms with van der Waals surface area (Å²) >= 11 is 0. The molecule has 9 heteroatoms. The van der Waals surface area contributed by atoms with Crippen LogP contribution in [0.2, 0.25) is 0 Å². The number of nitriles is 1. The molecule has 0 saturated carbocycles. The monoisotopic (exact) mass is 470 g/mol. The van der Waals surface area contributed by atoms with Crippen molar-refractivity contribution in [3.05, 3.63) is 101 Å². The first-order chi connectivity index (χ1) is 16.2. The Bertz CT molecular complexity index is 1160. The number of nitrogens with one attached hydrogen (secondary N) is 2. The molecule has 2 aromatic carbocycles. The predicted octanol–water partition coefficient (Wildman–Crippen LogP) is 4.86. The summed E-state index contributed by atoms with van der Waals surface area (Å²) in [5.74, 6) is -0.781. The van der Waals surface area contributed by atoms with E-state index in [1.807, 2.05) is 0 Å². The lowest BCUT2D eigenvalue weighted by Gasteiger charge is -2.26. The minimum Gasteiger partial charge on any atom is -0.358 e. The second-order valence-electron chi connectivity index (χ2n) is 7.64. The van der Waals surface area contributed by atoms with Crippen molar-refractivity contribution < 1.29 is 22.4 Å². The Morgan fingerprint density at radius 3 is 2.41 bits per heavy atom. The SMILES string of the molecule is CNC(=O)[C@@H](N[C@H](CCc1ccc(C(F)(F)F)nc1)c1cccc(C#N)c1)c1ccc(F)cc1. The van der Waals surface area contributed by atoms with Gasteiger partial charge < -0.3 is 5.32 Å². The van der Waals surface area contributed by atoms with Gasteiger partial charge >= 0.3 is 6.18 Å². The van der Waals surface area contributed by atoms with Crippen LogP contribution in [-0.4, -0.2) is 17.9 Å². The lowest BCUT2D eigenvalue weighted by atomic mass is 9.95. The van der Waals surface area contributed by atoms with E-state index in [0.717, 1.165) is 11.6 Å². The summed E-state index contributed by atoms with van der Waals surface area (Å²) in [4.78, 5) is 16.2. The van der Waals surface area contributed by atoms with E-state index in [0.29, 0.717) is 29.5 Å². The summed E-state index contributed by atoms with van der Waals surface area (Å²) in [7, 11) is 1.49. The Labute approximate surface area is 194 Å². The fourth-order valence-corrected chi connectivity index (χ4v) is 3.55. The summed E-state index contributed by atoms with van der Waals surface area (Å²) in [6.45, 7) is 0. The summed E-state index contributed by atoms with van der Waals surface area (Å²) in [6.07, 6.45) is -2.57. The first-order valence-corrected chi connectivity index (χ1v) is 10.5. The van der Waals surface area contributed by atoms with E-state index in [2.05, 4.69) is 21.7 Å². The van der Waals surface area contributed by atoms with Crippen LogP contribution in [0.5, 0.6) is 0 Å². The minimum atomic E-state index is -4.52. The van der Waals surface area contributed by atoms with Crippen molar-refractivity contribution in [1.82, 2.24) is 15.6 Å². The third-order valence-electron chi connectivity index (χ3n) is 5.33. The van der Waals surface area contributed by atoms with Crippen LogP contribution in [0.1, 0.15) is 46.5 Å². The number of aryl methyl sites for hydroxylation is 1. The zero-order valence-electron chi connectivity index (χ0n) is 18.2. The van der Waals surface area contributed by atoms with Gasteiger partial charge in [0.05, 0.1) is 11.6 Å². The highest BCUT2D eigenvalue weighted by Gasteiger charge is 2.32. The molecule has 0 unspecified atom stereocenters. The normalized spacial score (nSPS) is 13.1. The van der Waals surface area contributed by atoms with Gasteiger partial charge in [-0.1, -0.05) is 30.3 Å².